The van der Waals surface area contributed by atoms with Crippen molar-refractivity contribution in [3.8, 4) is 0 Å². The topological polar surface area (TPSA) is 56.0 Å². The van der Waals surface area contributed by atoms with Crippen LogP contribution in [0, 0.1) is 0 Å². The minimum absolute atomic E-state index is 0.154. The molecule has 74 valence electrons. The third-order valence-corrected chi connectivity index (χ3v) is 2.12. The molecule has 1 amide bonds. The first kappa shape index (κ1) is 11.0. The van der Waals surface area contributed by atoms with E-state index in [1.54, 1.807) is 18.2 Å². The fourth-order valence-electron chi connectivity index (χ4n) is 0.867. The number of amides is 1. The lowest BCUT2D eigenvalue weighted by Gasteiger charge is -1.98. The molecule has 1 rings (SSSR count). The van der Waals surface area contributed by atoms with Gasteiger partial charge < -0.3 is 5.73 Å². The molecule has 0 fully saturated rings. The highest BCUT2D eigenvalue weighted by Gasteiger charge is 2.02. The molecule has 0 aliphatic carbocycles. The van der Waals surface area contributed by atoms with Crippen LogP contribution in [-0.2, 0) is 4.79 Å². The Morgan fingerprint density at radius 1 is 1.57 bits per heavy atom. The average molecular weight is 231 g/mol. The van der Waals surface area contributed by atoms with E-state index in [2.05, 4.69) is 4.98 Å². The van der Waals surface area contributed by atoms with Crippen molar-refractivity contribution in [3.63, 3.8) is 0 Å². The summed E-state index contributed by atoms with van der Waals surface area (Å²) in [6.45, 7) is 0. The van der Waals surface area contributed by atoms with E-state index in [1.165, 1.54) is 6.20 Å². The largest absolute Gasteiger partial charge is 0.369 e. The molecule has 0 unspecified atom stereocenters. The zero-order valence-corrected chi connectivity index (χ0v) is 8.72. The zero-order valence-electron chi connectivity index (χ0n) is 7.21. The van der Waals surface area contributed by atoms with Crippen molar-refractivity contribution < 1.29 is 4.79 Å². The molecule has 0 spiro atoms. The molecule has 0 aliphatic rings. The highest BCUT2D eigenvalue weighted by atomic mass is 35.5. The van der Waals surface area contributed by atoms with Gasteiger partial charge >= 0.3 is 0 Å². The monoisotopic (exact) mass is 230 g/mol. The summed E-state index contributed by atoms with van der Waals surface area (Å²) >= 11 is 11.6. The molecule has 0 atom stereocenters. The number of hydrogen-bond donors (Lipinski definition) is 1. The van der Waals surface area contributed by atoms with Crippen LogP contribution in [0.25, 0.3) is 6.08 Å². The van der Waals surface area contributed by atoms with Crippen LogP contribution in [0.3, 0.4) is 0 Å². The van der Waals surface area contributed by atoms with Crippen LogP contribution < -0.4 is 5.73 Å². The van der Waals surface area contributed by atoms with E-state index >= 15 is 0 Å². The second kappa shape index (κ2) is 4.98. The van der Waals surface area contributed by atoms with Gasteiger partial charge in [0.2, 0.25) is 5.91 Å². The van der Waals surface area contributed by atoms with Gasteiger partial charge in [0.25, 0.3) is 0 Å². The molecule has 1 aromatic rings. The number of halogens is 2. The van der Waals surface area contributed by atoms with E-state index in [-0.39, 0.29) is 6.42 Å². The summed E-state index contributed by atoms with van der Waals surface area (Å²) in [5.74, 6) is -0.405. The molecule has 2 N–H and O–H groups in total. The minimum Gasteiger partial charge on any atom is -0.369 e. The minimum atomic E-state index is -0.405. The summed E-state index contributed by atoms with van der Waals surface area (Å²) in [6, 6.07) is 1.62. The van der Waals surface area contributed by atoms with Crippen LogP contribution in [0.15, 0.2) is 18.3 Å². The molecule has 0 saturated heterocycles. The summed E-state index contributed by atoms with van der Waals surface area (Å²) in [5.41, 5.74) is 5.56. The molecule has 1 heterocycles. The van der Waals surface area contributed by atoms with Gasteiger partial charge in [-0.2, -0.15) is 0 Å². The first-order chi connectivity index (χ1) is 6.61. The van der Waals surface area contributed by atoms with Crippen molar-refractivity contribution in [2.24, 2.45) is 5.73 Å². The van der Waals surface area contributed by atoms with Crippen LogP contribution in [0.5, 0.6) is 0 Å². The Bertz CT molecular complexity index is 357. The SMILES string of the molecule is NC(=O)CC=Cc1c(Cl)ccnc1Cl. The molecule has 1 aromatic heterocycles. The zero-order chi connectivity index (χ0) is 10.6. The first-order valence-electron chi connectivity index (χ1n) is 3.86. The van der Waals surface area contributed by atoms with Crippen LogP contribution in [0.1, 0.15) is 12.0 Å². The van der Waals surface area contributed by atoms with Crippen molar-refractivity contribution in [2.75, 3.05) is 0 Å². The van der Waals surface area contributed by atoms with Crippen molar-refractivity contribution in [3.05, 3.63) is 34.1 Å². The number of nitrogens with two attached hydrogens (primary N) is 1. The number of carbonyl (C=O) groups is 1. The summed E-state index contributed by atoms with van der Waals surface area (Å²) in [4.78, 5) is 14.3. The molecule has 0 radical (unpaired) electrons. The number of pyridine rings is 1. The second-order valence-electron chi connectivity index (χ2n) is 2.57. The molecular weight excluding hydrogens is 223 g/mol. The van der Waals surface area contributed by atoms with Crippen molar-refractivity contribution in [2.45, 2.75) is 6.42 Å². The summed E-state index contributed by atoms with van der Waals surface area (Å²) < 4.78 is 0. The van der Waals surface area contributed by atoms with Crippen LogP contribution >= 0.6 is 23.2 Å². The number of primary amides is 1. The van der Waals surface area contributed by atoms with Crippen LogP contribution in [0.4, 0.5) is 0 Å². The molecule has 0 aliphatic heterocycles. The Balaban J connectivity index is 2.85. The first-order valence-corrected chi connectivity index (χ1v) is 4.61. The van der Waals surface area contributed by atoms with Gasteiger partial charge in [-0.25, -0.2) is 4.98 Å². The smallest absolute Gasteiger partial charge is 0.221 e. The lowest BCUT2D eigenvalue weighted by atomic mass is 10.2. The van der Waals surface area contributed by atoms with Crippen molar-refractivity contribution in [1.29, 1.82) is 0 Å². The lowest BCUT2D eigenvalue weighted by Crippen LogP contribution is -2.07. The third kappa shape index (κ3) is 3.01. The quantitative estimate of drug-likeness (QED) is 0.811. The maximum Gasteiger partial charge on any atom is 0.221 e. The maximum atomic E-state index is 10.4. The van der Waals surface area contributed by atoms with E-state index in [0.29, 0.717) is 15.7 Å². The van der Waals surface area contributed by atoms with Crippen LogP contribution in [-0.4, -0.2) is 10.9 Å². The molecule has 0 bridgehead atoms. The Labute approximate surface area is 91.5 Å². The van der Waals surface area contributed by atoms with Gasteiger partial charge in [-0.15, -0.1) is 0 Å². The predicted octanol–water partition coefficient (Wildman–Crippen LogP) is 2.28. The fraction of sp³-hybridized carbons (Fsp3) is 0.111. The third-order valence-electron chi connectivity index (χ3n) is 1.49. The number of rotatable bonds is 3. The average Bonchev–Trinajstić information content (AvgIpc) is 2.09. The molecule has 0 aromatic carbocycles. The van der Waals surface area contributed by atoms with Gasteiger partial charge in [0.1, 0.15) is 5.15 Å². The number of carbonyl (C=O) groups excluding carboxylic acids is 1. The molecule has 3 nitrogen and oxygen atoms in total. The molecule has 0 saturated carbocycles. The van der Waals surface area contributed by atoms with Gasteiger partial charge in [-0.3, -0.25) is 4.79 Å². The number of hydrogen-bond acceptors (Lipinski definition) is 2. The Kier molecular flexibility index (Phi) is 3.92. The second-order valence-corrected chi connectivity index (χ2v) is 3.34. The summed E-state index contributed by atoms with van der Waals surface area (Å²) in [6.07, 6.45) is 4.89. The Morgan fingerprint density at radius 2 is 2.29 bits per heavy atom. The van der Waals surface area contributed by atoms with Gasteiger partial charge in [0.05, 0.1) is 5.02 Å². The van der Waals surface area contributed by atoms with Gasteiger partial charge in [-0.1, -0.05) is 35.4 Å². The van der Waals surface area contributed by atoms with Gasteiger partial charge in [-0.05, 0) is 6.07 Å². The Morgan fingerprint density at radius 3 is 2.86 bits per heavy atom. The highest BCUT2D eigenvalue weighted by molar-refractivity contribution is 6.36. The maximum absolute atomic E-state index is 10.4. The van der Waals surface area contributed by atoms with E-state index in [1.807, 2.05) is 0 Å². The number of aromatic nitrogens is 1. The lowest BCUT2D eigenvalue weighted by molar-refractivity contribution is -0.117. The van der Waals surface area contributed by atoms with Crippen LogP contribution in [0.2, 0.25) is 10.2 Å². The predicted molar refractivity (Wildman–Crippen MR) is 57.1 cm³/mol. The van der Waals surface area contributed by atoms with Gasteiger partial charge in [0.15, 0.2) is 0 Å². The normalized spacial score (nSPS) is 10.7. The van der Waals surface area contributed by atoms with Crippen molar-refractivity contribution >= 4 is 35.2 Å². The van der Waals surface area contributed by atoms with Gasteiger partial charge in [0, 0.05) is 18.2 Å². The molecular formula is C9H8Cl2N2O. The van der Waals surface area contributed by atoms with E-state index in [4.69, 9.17) is 28.9 Å². The summed E-state index contributed by atoms with van der Waals surface area (Å²) in [5, 5.41) is 0.795. The van der Waals surface area contributed by atoms with Crippen molar-refractivity contribution in [1.82, 2.24) is 4.98 Å². The molecule has 5 heteroatoms. The fourth-order valence-corrected chi connectivity index (χ4v) is 1.35. The molecule has 14 heavy (non-hydrogen) atoms. The highest BCUT2D eigenvalue weighted by Crippen LogP contribution is 2.23. The van der Waals surface area contributed by atoms with E-state index < -0.39 is 5.91 Å². The van der Waals surface area contributed by atoms with E-state index in [0.717, 1.165) is 0 Å². The summed E-state index contributed by atoms with van der Waals surface area (Å²) in [7, 11) is 0. The number of nitrogens with zero attached hydrogens (tertiary/aromatic N) is 1. The standard InChI is InChI=1S/C9H8Cl2N2O/c10-7-4-5-13-9(11)6(7)2-1-3-8(12)14/h1-2,4-5H,3H2,(H2,12,14). The van der Waals surface area contributed by atoms with E-state index in [9.17, 15) is 4.79 Å². The Hall–Kier alpha value is -1.06.